The minimum Gasteiger partial charge on any atom is -0.497 e. The lowest BCUT2D eigenvalue weighted by molar-refractivity contribution is -0.121. The van der Waals surface area contributed by atoms with Crippen molar-refractivity contribution in [3.8, 4) is 5.75 Å². The topological polar surface area (TPSA) is 102 Å². The van der Waals surface area contributed by atoms with Crippen LogP contribution in [-0.2, 0) is 24.7 Å². The number of aromatic amines is 1. The number of ether oxygens (including phenoxy) is 1. The highest BCUT2D eigenvalue weighted by molar-refractivity contribution is 7.71. The van der Waals surface area contributed by atoms with Crippen molar-refractivity contribution in [2.45, 2.75) is 26.2 Å². The maximum absolute atomic E-state index is 12.3. The van der Waals surface area contributed by atoms with Crippen molar-refractivity contribution >= 4 is 29.1 Å². The number of fused-ring (bicyclic) bond motifs is 1. The molecule has 0 saturated carbocycles. The highest BCUT2D eigenvalue weighted by Gasteiger charge is 2.14. The molecule has 3 aromatic rings. The summed E-state index contributed by atoms with van der Waals surface area (Å²) < 4.78 is 12.9. The van der Waals surface area contributed by atoms with Gasteiger partial charge in [-0.3, -0.25) is 9.89 Å². The summed E-state index contributed by atoms with van der Waals surface area (Å²) in [5.74, 6) is 1.26. The molecule has 28 heavy (non-hydrogen) atoms. The highest BCUT2D eigenvalue weighted by atomic mass is 32.1. The van der Waals surface area contributed by atoms with Crippen LogP contribution in [0.25, 0.3) is 11.0 Å². The molecule has 0 aliphatic heterocycles. The zero-order valence-corrected chi connectivity index (χ0v) is 16.8. The second-order valence-electron chi connectivity index (χ2n) is 6.46. The van der Waals surface area contributed by atoms with E-state index in [1.165, 1.54) is 0 Å². The predicted octanol–water partition coefficient (Wildman–Crippen LogP) is 2.19. The van der Waals surface area contributed by atoms with Gasteiger partial charge in [-0.15, -0.1) is 0 Å². The van der Waals surface area contributed by atoms with Crippen molar-refractivity contribution < 1.29 is 13.9 Å². The summed E-state index contributed by atoms with van der Waals surface area (Å²) in [5, 5.41) is 10.5. The van der Waals surface area contributed by atoms with Gasteiger partial charge in [-0.25, -0.2) is 4.79 Å². The number of aromatic nitrogens is 3. The summed E-state index contributed by atoms with van der Waals surface area (Å²) in [4.78, 5) is 24.5. The average Bonchev–Trinajstić information content (AvgIpc) is 2.99. The fourth-order valence-corrected chi connectivity index (χ4v) is 3.19. The van der Waals surface area contributed by atoms with Gasteiger partial charge in [0.2, 0.25) is 5.91 Å². The largest absolute Gasteiger partial charge is 0.497 e. The molecule has 9 heteroatoms. The zero-order valence-electron chi connectivity index (χ0n) is 16.0. The van der Waals surface area contributed by atoms with Crippen LogP contribution in [0.15, 0.2) is 27.4 Å². The number of nitrogens with one attached hydrogen (secondary N) is 2. The number of carbonyl (C=O) groups is 1. The molecule has 148 valence electrons. The lowest BCUT2D eigenvalue weighted by Crippen LogP contribution is -2.27. The molecule has 0 radical (unpaired) electrons. The third-order valence-electron chi connectivity index (χ3n) is 4.74. The highest BCUT2D eigenvalue weighted by Crippen LogP contribution is 2.24. The number of aryl methyl sites for hydroxylation is 1. The van der Waals surface area contributed by atoms with Crippen molar-refractivity contribution in [2.75, 3.05) is 13.7 Å². The van der Waals surface area contributed by atoms with E-state index in [-0.39, 0.29) is 12.3 Å². The molecule has 0 bridgehead atoms. The first kappa shape index (κ1) is 19.8. The molecule has 0 atom stereocenters. The summed E-state index contributed by atoms with van der Waals surface area (Å²) in [6.07, 6.45) is 1.08. The fraction of sp³-hybridized carbons (Fsp3) is 0.368. The maximum Gasteiger partial charge on any atom is 0.339 e. The third kappa shape index (κ3) is 4.14. The zero-order chi connectivity index (χ0) is 20.3. The van der Waals surface area contributed by atoms with Crippen molar-refractivity contribution in [1.29, 1.82) is 0 Å². The second-order valence-corrected chi connectivity index (χ2v) is 6.85. The van der Waals surface area contributed by atoms with Crippen LogP contribution in [0, 0.1) is 11.7 Å². The van der Waals surface area contributed by atoms with E-state index < -0.39 is 5.63 Å². The molecule has 0 fully saturated rings. The molecule has 8 nitrogen and oxygen atoms in total. The Labute approximate surface area is 166 Å². The van der Waals surface area contributed by atoms with E-state index in [0.717, 1.165) is 16.8 Å². The number of H-pyrrole nitrogens is 1. The molecule has 0 spiro atoms. The van der Waals surface area contributed by atoms with E-state index in [1.807, 2.05) is 26.1 Å². The van der Waals surface area contributed by atoms with Gasteiger partial charge in [-0.2, -0.15) is 5.10 Å². The normalized spacial score (nSPS) is 11.0. The molecule has 2 heterocycles. The van der Waals surface area contributed by atoms with Crippen LogP contribution in [0.2, 0.25) is 0 Å². The summed E-state index contributed by atoms with van der Waals surface area (Å²) >= 11 is 5.06. The predicted molar refractivity (Wildman–Crippen MR) is 107 cm³/mol. The van der Waals surface area contributed by atoms with Gasteiger partial charge in [-0.05, 0) is 43.3 Å². The minimum atomic E-state index is -0.424. The molecule has 3 rings (SSSR count). The van der Waals surface area contributed by atoms with Gasteiger partial charge in [0, 0.05) is 43.5 Å². The Kier molecular flexibility index (Phi) is 5.93. The number of hydrogen-bond acceptors (Lipinski definition) is 6. The molecular weight excluding hydrogens is 380 g/mol. The number of methoxy groups -OCH3 is 1. The van der Waals surface area contributed by atoms with E-state index in [4.69, 9.17) is 21.4 Å². The molecule has 0 aliphatic rings. The van der Waals surface area contributed by atoms with Crippen LogP contribution >= 0.6 is 12.2 Å². The first-order chi connectivity index (χ1) is 13.4. The summed E-state index contributed by atoms with van der Waals surface area (Å²) in [7, 11) is 3.38. The number of nitrogens with zero attached hydrogens (tertiary/aromatic N) is 2. The molecule has 1 aromatic carbocycles. The van der Waals surface area contributed by atoms with E-state index in [0.29, 0.717) is 41.1 Å². The van der Waals surface area contributed by atoms with Gasteiger partial charge in [0.25, 0.3) is 0 Å². The average molecular weight is 402 g/mol. The Morgan fingerprint density at radius 3 is 2.86 bits per heavy atom. The quantitative estimate of drug-likeness (QED) is 0.464. The third-order valence-corrected chi connectivity index (χ3v) is 5.10. The van der Waals surface area contributed by atoms with Crippen molar-refractivity contribution in [1.82, 2.24) is 20.1 Å². The van der Waals surface area contributed by atoms with Crippen molar-refractivity contribution in [3.05, 3.63) is 50.3 Å². The van der Waals surface area contributed by atoms with Crippen LogP contribution in [0.1, 0.15) is 23.4 Å². The van der Waals surface area contributed by atoms with Crippen molar-refractivity contribution in [3.63, 3.8) is 0 Å². The van der Waals surface area contributed by atoms with Crippen LogP contribution in [0.5, 0.6) is 5.75 Å². The molecule has 2 aromatic heterocycles. The number of benzene rings is 1. The Morgan fingerprint density at radius 2 is 2.18 bits per heavy atom. The Morgan fingerprint density at radius 1 is 1.39 bits per heavy atom. The maximum atomic E-state index is 12.3. The number of hydrogen-bond donors (Lipinski definition) is 2. The van der Waals surface area contributed by atoms with Gasteiger partial charge in [0.1, 0.15) is 17.2 Å². The Balaban J connectivity index is 1.62. The number of rotatable bonds is 7. The molecule has 2 N–H and O–H groups in total. The lowest BCUT2D eigenvalue weighted by Gasteiger charge is -2.09. The van der Waals surface area contributed by atoms with Crippen molar-refractivity contribution in [2.24, 2.45) is 7.05 Å². The number of carbonyl (C=O) groups excluding carboxylic acids is 1. The minimum absolute atomic E-state index is 0.134. The van der Waals surface area contributed by atoms with Crippen LogP contribution < -0.4 is 15.7 Å². The second kappa shape index (κ2) is 8.39. The Bertz CT molecular complexity index is 1130. The smallest absolute Gasteiger partial charge is 0.339 e. The summed E-state index contributed by atoms with van der Waals surface area (Å²) in [6.45, 7) is 2.31. The van der Waals surface area contributed by atoms with E-state index in [1.54, 1.807) is 17.7 Å². The van der Waals surface area contributed by atoms with E-state index in [9.17, 15) is 9.59 Å². The molecule has 0 aliphatic carbocycles. The van der Waals surface area contributed by atoms with Gasteiger partial charge in [-0.1, -0.05) is 0 Å². The molecule has 1 amide bonds. The first-order valence-electron chi connectivity index (χ1n) is 8.88. The number of amides is 1. The van der Waals surface area contributed by atoms with Crippen LogP contribution in [0.3, 0.4) is 0 Å². The summed E-state index contributed by atoms with van der Waals surface area (Å²) in [5.41, 5.74) is 1.39. The van der Waals surface area contributed by atoms with Gasteiger partial charge >= 0.3 is 5.63 Å². The Hall–Kier alpha value is -2.94. The molecule has 0 saturated heterocycles. The standard InChI is InChI=1S/C19H22N4O4S/c1-11-13-5-4-12(26-3)10-15(13)27-18(25)14(11)6-7-17(24)20-9-8-16-21-22-19(28)23(16)2/h4-5,10H,6-9H2,1-3H3,(H,20,24)(H,22,28). The van der Waals surface area contributed by atoms with Crippen LogP contribution in [-0.4, -0.2) is 34.3 Å². The van der Waals surface area contributed by atoms with Gasteiger partial charge in [0.15, 0.2) is 4.77 Å². The monoisotopic (exact) mass is 402 g/mol. The van der Waals surface area contributed by atoms with E-state index >= 15 is 0 Å². The fourth-order valence-electron chi connectivity index (χ4n) is 3.03. The molecule has 0 unspecified atom stereocenters. The SMILES string of the molecule is COc1ccc2c(C)c(CCC(=O)NCCc3n[nH]c(=S)n3C)c(=O)oc2c1. The van der Waals surface area contributed by atoms with Gasteiger partial charge in [0.05, 0.1) is 7.11 Å². The van der Waals surface area contributed by atoms with E-state index in [2.05, 4.69) is 15.5 Å². The lowest BCUT2D eigenvalue weighted by atomic mass is 10.0. The molecular formula is C19H22N4O4S. The van der Waals surface area contributed by atoms with Gasteiger partial charge < -0.3 is 19.0 Å². The van der Waals surface area contributed by atoms with Crippen LogP contribution in [0.4, 0.5) is 0 Å². The summed E-state index contributed by atoms with van der Waals surface area (Å²) in [6, 6.07) is 5.35. The first-order valence-corrected chi connectivity index (χ1v) is 9.29.